The van der Waals surface area contributed by atoms with Gasteiger partial charge in [0, 0.05) is 12.6 Å². The van der Waals surface area contributed by atoms with E-state index in [1.54, 1.807) is 12.1 Å². The Morgan fingerprint density at radius 3 is 2.58 bits per heavy atom. The molecular weight excluding hydrogens is 254 g/mol. The van der Waals surface area contributed by atoms with E-state index in [0.717, 1.165) is 18.4 Å². The molecule has 0 unspecified atom stereocenters. The van der Waals surface area contributed by atoms with Gasteiger partial charge in [-0.2, -0.15) is 8.78 Å². The van der Waals surface area contributed by atoms with Crippen LogP contribution in [0.15, 0.2) is 24.3 Å². The van der Waals surface area contributed by atoms with Gasteiger partial charge in [0.2, 0.25) is 0 Å². The molecule has 4 nitrogen and oxygen atoms in total. The molecule has 1 aromatic rings. The molecule has 0 aliphatic heterocycles. The van der Waals surface area contributed by atoms with Crippen molar-refractivity contribution in [2.45, 2.75) is 31.9 Å². The van der Waals surface area contributed by atoms with Gasteiger partial charge in [0.15, 0.2) is 0 Å². The monoisotopic (exact) mass is 270 g/mol. The molecule has 1 fully saturated rings. The van der Waals surface area contributed by atoms with Crippen molar-refractivity contribution in [3.05, 3.63) is 29.8 Å². The fourth-order valence-electron chi connectivity index (χ4n) is 1.62. The van der Waals surface area contributed by atoms with E-state index in [-0.39, 0.29) is 11.8 Å². The summed E-state index contributed by atoms with van der Waals surface area (Å²) in [5, 5.41) is 5.57. The lowest BCUT2D eigenvalue weighted by molar-refractivity contribution is -0.0498. The molecule has 0 aromatic heterocycles. The minimum absolute atomic E-state index is 0.137. The molecule has 104 valence electrons. The highest BCUT2D eigenvalue weighted by molar-refractivity contribution is 5.74. The van der Waals surface area contributed by atoms with E-state index in [2.05, 4.69) is 15.4 Å². The van der Waals surface area contributed by atoms with Crippen LogP contribution in [0.1, 0.15) is 18.4 Å². The molecule has 1 aliphatic rings. The van der Waals surface area contributed by atoms with E-state index in [1.807, 2.05) is 0 Å². The summed E-state index contributed by atoms with van der Waals surface area (Å²) < 4.78 is 28.1. The van der Waals surface area contributed by atoms with Gasteiger partial charge in [-0.15, -0.1) is 0 Å². The average molecular weight is 270 g/mol. The third-order valence-corrected chi connectivity index (χ3v) is 2.76. The first kappa shape index (κ1) is 13.6. The number of benzene rings is 1. The van der Waals surface area contributed by atoms with Crippen molar-refractivity contribution >= 4 is 6.03 Å². The van der Waals surface area contributed by atoms with Crippen molar-refractivity contribution in [1.82, 2.24) is 10.6 Å². The van der Waals surface area contributed by atoms with Crippen LogP contribution in [0.25, 0.3) is 0 Å². The maximum Gasteiger partial charge on any atom is 0.387 e. The molecule has 2 rings (SSSR count). The van der Waals surface area contributed by atoms with Gasteiger partial charge in [0.25, 0.3) is 0 Å². The van der Waals surface area contributed by atoms with Crippen LogP contribution in [0, 0.1) is 0 Å². The Bertz CT molecular complexity index is 419. The molecular formula is C13H16F2N2O2. The van der Waals surface area contributed by atoms with Crippen molar-refractivity contribution < 1.29 is 18.3 Å². The minimum Gasteiger partial charge on any atom is -0.435 e. The van der Waals surface area contributed by atoms with E-state index in [1.165, 1.54) is 12.1 Å². The predicted octanol–water partition coefficient (Wildman–Crippen LogP) is 2.29. The number of rotatable bonds is 6. The Hall–Kier alpha value is -1.85. The topological polar surface area (TPSA) is 50.4 Å². The number of urea groups is 1. The third-order valence-electron chi connectivity index (χ3n) is 2.76. The molecule has 0 saturated heterocycles. The number of hydrogen-bond donors (Lipinski definition) is 2. The molecule has 1 aliphatic carbocycles. The summed E-state index contributed by atoms with van der Waals surface area (Å²) in [6.07, 6.45) is 2.76. The van der Waals surface area contributed by atoms with Crippen LogP contribution >= 0.6 is 0 Å². The van der Waals surface area contributed by atoms with Crippen LogP contribution in [0.2, 0.25) is 0 Å². The van der Waals surface area contributed by atoms with Crippen molar-refractivity contribution in [2.75, 3.05) is 6.54 Å². The molecule has 1 saturated carbocycles. The molecule has 2 amide bonds. The highest BCUT2D eigenvalue weighted by atomic mass is 19.3. The summed E-state index contributed by atoms with van der Waals surface area (Å²) in [7, 11) is 0. The van der Waals surface area contributed by atoms with Gasteiger partial charge in [-0.1, -0.05) is 12.1 Å². The second-order valence-electron chi connectivity index (χ2n) is 4.45. The van der Waals surface area contributed by atoms with Crippen LogP contribution in [0.3, 0.4) is 0 Å². The van der Waals surface area contributed by atoms with Crippen LogP contribution in [0.5, 0.6) is 5.75 Å². The summed E-state index contributed by atoms with van der Waals surface area (Å²) in [4.78, 5) is 11.3. The Balaban J connectivity index is 1.68. The molecule has 0 bridgehead atoms. The Kier molecular flexibility index (Phi) is 4.54. The molecule has 0 spiro atoms. The van der Waals surface area contributed by atoms with E-state index in [0.29, 0.717) is 19.0 Å². The highest BCUT2D eigenvalue weighted by Gasteiger charge is 2.22. The fraction of sp³-hybridized carbons (Fsp3) is 0.462. The maximum absolute atomic E-state index is 11.9. The van der Waals surface area contributed by atoms with Gasteiger partial charge >= 0.3 is 12.6 Å². The lowest BCUT2D eigenvalue weighted by atomic mass is 10.1. The molecule has 19 heavy (non-hydrogen) atoms. The van der Waals surface area contributed by atoms with Crippen LogP contribution in [-0.4, -0.2) is 25.2 Å². The predicted molar refractivity (Wildman–Crippen MR) is 66.3 cm³/mol. The quantitative estimate of drug-likeness (QED) is 0.833. The van der Waals surface area contributed by atoms with E-state index >= 15 is 0 Å². The normalized spacial score (nSPS) is 14.3. The summed E-state index contributed by atoms with van der Waals surface area (Å²) in [6, 6.07) is 6.58. The molecule has 1 aromatic carbocycles. The summed E-state index contributed by atoms with van der Waals surface area (Å²) in [6.45, 7) is -2.30. The smallest absolute Gasteiger partial charge is 0.387 e. The molecule has 6 heteroatoms. The Labute approximate surface area is 110 Å². The number of alkyl halides is 2. The van der Waals surface area contributed by atoms with Crippen LogP contribution < -0.4 is 15.4 Å². The van der Waals surface area contributed by atoms with Crippen molar-refractivity contribution in [1.29, 1.82) is 0 Å². The van der Waals surface area contributed by atoms with Gasteiger partial charge in [0.1, 0.15) is 5.75 Å². The average Bonchev–Trinajstić information content (AvgIpc) is 3.14. The number of ether oxygens (including phenoxy) is 1. The number of amides is 2. The standard InChI is InChI=1S/C13H16F2N2O2/c14-12(15)19-11-5-1-9(2-6-11)7-8-16-13(18)17-10-3-4-10/h1-2,5-6,10,12H,3-4,7-8H2,(H2,16,17,18). The van der Waals surface area contributed by atoms with Crippen molar-refractivity contribution in [2.24, 2.45) is 0 Å². The number of nitrogens with one attached hydrogen (secondary N) is 2. The number of halogens is 2. The zero-order valence-electron chi connectivity index (χ0n) is 10.4. The summed E-state index contributed by atoms with van der Waals surface area (Å²) in [5.41, 5.74) is 0.952. The van der Waals surface area contributed by atoms with Crippen LogP contribution in [0.4, 0.5) is 13.6 Å². The highest BCUT2D eigenvalue weighted by Crippen LogP contribution is 2.18. The van der Waals surface area contributed by atoms with Gasteiger partial charge in [0.05, 0.1) is 0 Å². The summed E-state index contributed by atoms with van der Waals surface area (Å²) >= 11 is 0. The number of hydrogen-bond acceptors (Lipinski definition) is 2. The number of carbonyl (C=O) groups excluding carboxylic acids is 1. The molecule has 0 radical (unpaired) electrons. The van der Waals surface area contributed by atoms with Gasteiger partial charge in [-0.05, 0) is 37.0 Å². The molecule has 2 N–H and O–H groups in total. The Morgan fingerprint density at radius 2 is 2.00 bits per heavy atom. The third kappa shape index (κ3) is 5.11. The second-order valence-corrected chi connectivity index (χ2v) is 4.45. The van der Waals surface area contributed by atoms with Gasteiger partial charge in [-0.3, -0.25) is 0 Å². The van der Waals surface area contributed by atoms with E-state index < -0.39 is 6.61 Å². The first-order chi connectivity index (χ1) is 9.13. The second kappa shape index (κ2) is 6.36. The fourth-order valence-corrected chi connectivity index (χ4v) is 1.62. The zero-order valence-corrected chi connectivity index (χ0v) is 10.4. The maximum atomic E-state index is 11.9. The first-order valence-electron chi connectivity index (χ1n) is 6.21. The first-order valence-corrected chi connectivity index (χ1v) is 6.21. The van der Waals surface area contributed by atoms with E-state index in [9.17, 15) is 13.6 Å². The Morgan fingerprint density at radius 1 is 1.32 bits per heavy atom. The largest absolute Gasteiger partial charge is 0.435 e. The number of carbonyl (C=O) groups is 1. The van der Waals surface area contributed by atoms with E-state index in [4.69, 9.17) is 0 Å². The SMILES string of the molecule is O=C(NCCc1ccc(OC(F)F)cc1)NC1CC1. The lowest BCUT2D eigenvalue weighted by Crippen LogP contribution is -2.37. The zero-order chi connectivity index (χ0) is 13.7. The molecule has 0 atom stereocenters. The molecule has 0 heterocycles. The van der Waals surface area contributed by atoms with Crippen molar-refractivity contribution in [3.8, 4) is 5.75 Å². The summed E-state index contributed by atoms with van der Waals surface area (Å²) in [5.74, 6) is 0.137. The van der Waals surface area contributed by atoms with Crippen molar-refractivity contribution in [3.63, 3.8) is 0 Å². The van der Waals surface area contributed by atoms with Gasteiger partial charge in [-0.25, -0.2) is 4.79 Å². The van der Waals surface area contributed by atoms with Crippen LogP contribution in [-0.2, 0) is 6.42 Å². The van der Waals surface area contributed by atoms with Gasteiger partial charge < -0.3 is 15.4 Å². The lowest BCUT2D eigenvalue weighted by Gasteiger charge is -2.07. The minimum atomic E-state index is -2.81.